The molecule has 6 nitrogen and oxygen atoms in total. The second kappa shape index (κ2) is 5.54. The van der Waals surface area contributed by atoms with Crippen molar-refractivity contribution in [2.75, 3.05) is 0 Å². The summed E-state index contributed by atoms with van der Waals surface area (Å²) in [4.78, 5) is 10.8. The number of aromatic amines is 1. The maximum absolute atomic E-state index is 10.8. The maximum Gasteiger partial charge on any atom is 0.238 e. The summed E-state index contributed by atoms with van der Waals surface area (Å²) < 4.78 is 1.84. The number of hydrogen-bond acceptors (Lipinski definition) is 5. The number of carboxylic acids is 1. The molecule has 1 aromatic heterocycles. The molecule has 0 saturated heterocycles. The molecule has 1 heterocycles. The molecule has 2 aromatic rings. The molecule has 0 radical (unpaired) electrons. The molecule has 0 spiro atoms. The second-order valence-corrected chi connectivity index (χ2v) is 4.24. The predicted molar refractivity (Wildman–Crippen MR) is 64.0 cm³/mol. The molecule has 0 bridgehead atoms. The minimum absolute atomic E-state index is 0.0786. The lowest BCUT2D eigenvalue weighted by Crippen LogP contribution is -2.26. The zero-order valence-corrected chi connectivity index (χ0v) is 10.3. The molecular weight excluding hydrogens is 252 g/mol. The number of nitrogens with one attached hydrogen (secondary N) is 1. The number of tetrazole rings is 1. The third-order valence-electron chi connectivity index (χ3n) is 2.62. The highest BCUT2D eigenvalue weighted by Crippen LogP contribution is 2.20. The summed E-state index contributed by atoms with van der Waals surface area (Å²) >= 11 is 4.96. The predicted octanol–water partition coefficient (Wildman–Crippen LogP) is 0.259. The molecule has 0 aliphatic carbocycles. The van der Waals surface area contributed by atoms with E-state index in [0.29, 0.717) is 11.3 Å². The zero-order valence-electron chi connectivity index (χ0n) is 9.44. The first-order chi connectivity index (χ1) is 8.66. The lowest BCUT2D eigenvalue weighted by molar-refractivity contribution is -0.306. The SMILES string of the molecule is O=C([O-])C[C@@H](Cn1[nH]nnc1=S)c1ccccc1. The Morgan fingerprint density at radius 1 is 1.44 bits per heavy atom. The van der Waals surface area contributed by atoms with E-state index in [1.807, 2.05) is 30.3 Å². The van der Waals surface area contributed by atoms with Crippen LogP contribution in [-0.2, 0) is 11.3 Å². The van der Waals surface area contributed by atoms with Gasteiger partial charge in [0.05, 0.1) is 6.54 Å². The average molecular weight is 263 g/mol. The van der Waals surface area contributed by atoms with Gasteiger partial charge >= 0.3 is 0 Å². The van der Waals surface area contributed by atoms with Crippen molar-refractivity contribution in [3.05, 3.63) is 40.7 Å². The van der Waals surface area contributed by atoms with Crippen LogP contribution in [0, 0.1) is 4.77 Å². The number of nitrogens with zero attached hydrogens (tertiary/aromatic N) is 3. The molecule has 0 amide bonds. The number of carboxylic acid groups (broad SMARTS) is 1. The number of H-pyrrole nitrogens is 1. The zero-order chi connectivity index (χ0) is 13.0. The first kappa shape index (κ1) is 12.4. The number of hydrogen-bond donors (Lipinski definition) is 1. The van der Waals surface area contributed by atoms with E-state index >= 15 is 0 Å². The van der Waals surface area contributed by atoms with Crippen LogP contribution in [-0.4, -0.2) is 26.2 Å². The molecule has 1 N–H and O–H groups in total. The summed E-state index contributed by atoms with van der Waals surface area (Å²) in [6, 6.07) is 9.36. The van der Waals surface area contributed by atoms with Gasteiger partial charge in [-0.1, -0.05) is 40.6 Å². The van der Waals surface area contributed by atoms with Crippen LogP contribution in [0.25, 0.3) is 0 Å². The Balaban J connectivity index is 2.24. The lowest BCUT2D eigenvalue weighted by Gasteiger charge is -2.17. The van der Waals surface area contributed by atoms with Gasteiger partial charge in [0.1, 0.15) is 0 Å². The van der Waals surface area contributed by atoms with Crippen molar-refractivity contribution in [2.24, 2.45) is 0 Å². The molecule has 18 heavy (non-hydrogen) atoms. The van der Waals surface area contributed by atoms with Crippen molar-refractivity contribution in [3.8, 4) is 0 Å². The standard InChI is InChI=1S/C11H12N4O2S/c16-10(17)6-9(8-4-2-1-3-5-8)7-15-11(18)12-13-14-15/h1-5,9H,6-7H2,(H,16,17)(H,12,14,18)/p-1/t9-/m0/s1. The number of rotatable bonds is 5. The van der Waals surface area contributed by atoms with Crippen LogP contribution in [0.5, 0.6) is 0 Å². The summed E-state index contributed by atoms with van der Waals surface area (Å²) in [6.07, 6.45) is -0.0786. The van der Waals surface area contributed by atoms with E-state index in [2.05, 4.69) is 15.5 Å². The Labute approximate surface area is 108 Å². The Hall–Kier alpha value is -2.02. The molecular formula is C11H11N4O2S-. The molecule has 7 heteroatoms. The van der Waals surface area contributed by atoms with Crippen LogP contribution in [0.1, 0.15) is 17.9 Å². The fourth-order valence-corrected chi connectivity index (χ4v) is 1.93. The molecule has 1 atom stereocenters. The molecule has 2 rings (SSSR count). The first-order valence-electron chi connectivity index (χ1n) is 5.39. The van der Waals surface area contributed by atoms with Crippen LogP contribution in [0.4, 0.5) is 0 Å². The topological polar surface area (TPSA) is 86.6 Å². The lowest BCUT2D eigenvalue weighted by atomic mass is 9.96. The Bertz CT molecular complexity index is 578. The third kappa shape index (κ3) is 3.01. The normalized spacial score (nSPS) is 12.2. The first-order valence-corrected chi connectivity index (χ1v) is 5.80. The monoisotopic (exact) mass is 263 g/mol. The van der Waals surface area contributed by atoms with E-state index in [9.17, 15) is 9.90 Å². The van der Waals surface area contributed by atoms with Gasteiger partial charge in [-0.15, -0.1) is 0 Å². The number of benzene rings is 1. The largest absolute Gasteiger partial charge is 0.550 e. The molecule has 0 unspecified atom stereocenters. The number of carbonyl (C=O) groups is 1. The van der Waals surface area contributed by atoms with E-state index in [4.69, 9.17) is 12.2 Å². The van der Waals surface area contributed by atoms with Crippen molar-refractivity contribution in [1.29, 1.82) is 0 Å². The highest BCUT2D eigenvalue weighted by Gasteiger charge is 2.13. The second-order valence-electron chi connectivity index (χ2n) is 3.88. The van der Waals surface area contributed by atoms with Crippen molar-refractivity contribution in [1.82, 2.24) is 20.2 Å². The molecule has 0 aliphatic rings. The number of aromatic nitrogens is 4. The minimum atomic E-state index is -1.09. The summed E-state index contributed by atoms with van der Waals surface area (Å²) in [5, 5.41) is 20.6. The van der Waals surface area contributed by atoms with Crippen molar-refractivity contribution in [2.45, 2.75) is 18.9 Å². The van der Waals surface area contributed by atoms with Gasteiger partial charge in [0, 0.05) is 11.9 Å². The number of aliphatic carboxylic acids is 1. The molecule has 0 aliphatic heterocycles. The van der Waals surface area contributed by atoms with Crippen LogP contribution in [0.2, 0.25) is 0 Å². The van der Waals surface area contributed by atoms with Crippen molar-refractivity contribution >= 4 is 18.2 Å². The van der Waals surface area contributed by atoms with Gasteiger partial charge in [0.15, 0.2) is 0 Å². The van der Waals surface area contributed by atoms with Gasteiger partial charge in [0.2, 0.25) is 4.77 Å². The van der Waals surface area contributed by atoms with Crippen LogP contribution in [0.15, 0.2) is 30.3 Å². The Morgan fingerprint density at radius 3 is 2.72 bits per heavy atom. The fraction of sp³-hybridized carbons (Fsp3) is 0.273. The van der Waals surface area contributed by atoms with Gasteiger partial charge in [-0.3, -0.25) is 0 Å². The van der Waals surface area contributed by atoms with Crippen molar-refractivity contribution in [3.63, 3.8) is 0 Å². The summed E-state index contributed by atoms with van der Waals surface area (Å²) in [5.41, 5.74) is 0.915. The van der Waals surface area contributed by atoms with Gasteiger partial charge < -0.3 is 9.90 Å². The fourth-order valence-electron chi connectivity index (χ4n) is 1.77. The summed E-state index contributed by atoms with van der Waals surface area (Å²) in [6.45, 7) is 0.379. The van der Waals surface area contributed by atoms with E-state index < -0.39 is 5.97 Å². The maximum atomic E-state index is 10.8. The van der Waals surface area contributed by atoms with Gasteiger partial charge in [-0.05, 0) is 24.2 Å². The smallest absolute Gasteiger partial charge is 0.238 e. The van der Waals surface area contributed by atoms with Crippen LogP contribution < -0.4 is 5.11 Å². The number of carbonyl (C=O) groups excluding carboxylic acids is 1. The van der Waals surface area contributed by atoms with Crippen molar-refractivity contribution < 1.29 is 9.90 Å². The molecule has 1 aromatic carbocycles. The molecule has 0 saturated carbocycles. The summed E-state index contributed by atoms with van der Waals surface area (Å²) in [5.74, 6) is -1.33. The van der Waals surface area contributed by atoms with Gasteiger partial charge in [0.25, 0.3) is 0 Å². The van der Waals surface area contributed by atoms with E-state index in [-0.39, 0.29) is 12.3 Å². The average Bonchev–Trinajstić information content (AvgIpc) is 2.75. The van der Waals surface area contributed by atoms with Crippen LogP contribution >= 0.6 is 12.2 Å². The quantitative estimate of drug-likeness (QED) is 0.782. The van der Waals surface area contributed by atoms with Gasteiger partial charge in [-0.25, -0.2) is 4.68 Å². The van der Waals surface area contributed by atoms with Gasteiger partial charge in [-0.2, -0.15) is 5.21 Å². The molecule has 0 fully saturated rings. The van der Waals surface area contributed by atoms with Crippen LogP contribution in [0.3, 0.4) is 0 Å². The highest BCUT2D eigenvalue weighted by atomic mass is 32.1. The molecule has 94 valence electrons. The highest BCUT2D eigenvalue weighted by molar-refractivity contribution is 7.71. The third-order valence-corrected chi connectivity index (χ3v) is 2.92. The summed E-state index contributed by atoms with van der Waals surface area (Å²) in [7, 11) is 0. The Morgan fingerprint density at radius 2 is 2.17 bits per heavy atom. The minimum Gasteiger partial charge on any atom is -0.550 e. The Kier molecular flexibility index (Phi) is 3.83. The van der Waals surface area contributed by atoms with E-state index in [1.165, 1.54) is 4.68 Å². The van der Waals surface area contributed by atoms with E-state index in [0.717, 1.165) is 5.56 Å². The van der Waals surface area contributed by atoms with E-state index in [1.54, 1.807) is 0 Å².